The number of halogens is 1. The lowest BCUT2D eigenvalue weighted by molar-refractivity contribution is 0.496. The molecule has 0 aromatic carbocycles. The molecule has 0 unspecified atom stereocenters. The molecule has 0 spiro atoms. The Kier molecular flexibility index (Phi) is 4.51. The first-order valence-electron chi connectivity index (χ1n) is 2.69. The second-order valence-electron chi connectivity index (χ2n) is 1.81. The van der Waals surface area contributed by atoms with Crippen LogP contribution in [-0.4, -0.2) is 12.9 Å². The second kappa shape index (κ2) is 4.75. The first kappa shape index (κ1) is 7.60. The summed E-state index contributed by atoms with van der Waals surface area (Å²) in [4.78, 5) is 0. The Bertz CT molecular complexity index is 63.5. The van der Waals surface area contributed by atoms with Crippen molar-refractivity contribution in [2.75, 3.05) is 6.67 Å². The highest BCUT2D eigenvalue weighted by Gasteiger charge is 1.97. The van der Waals surface area contributed by atoms with Crippen LogP contribution in [0.3, 0.4) is 0 Å². The highest BCUT2D eigenvalue weighted by atomic mass is 19.1. The summed E-state index contributed by atoms with van der Waals surface area (Å²) < 4.78 is 11.4. The van der Waals surface area contributed by atoms with E-state index in [9.17, 15) is 4.39 Å². The molecule has 0 aliphatic heterocycles. The van der Waals surface area contributed by atoms with E-state index in [-0.39, 0.29) is 12.6 Å². The zero-order chi connectivity index (χ0) is 6.41. The van der Waals surface area contributed by atoms with Crippen molar-refractivity contribution in [3.63, 3.8) is 0 Å². The molecule has 0 bridgehead atoms. The quantitative estimate of drug-likeness (QED) is 0.542. The Balaban J connectivity index is 3.03. The predicted octanol–water partition coefficient (Wildman–Crippen LogP) is 1.84. The summed E-state index contributed by atoms with van der Waals surface area (Å²) >= 11 is 0. The van der Waals surface area contributed by atoms with Crippen LogP contribution < -0.4 is 0 Å². The van der Waals surface area contributed by atoms with E-state index in [4.69, 9.17) is 5.41 Å². The van der Waals surface area contributed by atoms with Gasteiger partial charge in [0.05, 0.1) is 6.67 Å². The highest BCUT2D eigenvalue weighted by molar-refractivity contribution is 5.53. The zero-order valence-electron chi connectivity index (χ0n) is 5.02. The van der Waals surface area contributed by atoms with Crippen LogP contribution in [-0.2, 0) is 0 Å². The van der Waals surface area contributed by atoms with Crippen molar-refractivity contribution in [3.05, 3.63) is 6.42 Å². The largest absolute Gasteiger partial charge is 0.313 e. The topological polar surface area (TPSA) is 23.9 Å². The molecule has 0 aromatic rings. The van der Waals surface area contributed by atoms with E-state index < -0.39 is 0 Å². The summed E-state index contributed by atoms with van der Waals surface area (Å²) in [5.41, 5.74) is 0. The van der Waals surface area contributed by atoms with Gasteiger partial charge in [0.1, 0.15) is 0 Å². The van der Waals surface area contributed by atoms with Gasteiger partial charge in [-0.25, -0.2) is 0 Å². The number of hydrogen-bond acceptors (Lipinski definition) is 1. The fraction of sp³-hybridized carbons (Fsp3) is 0.667. The molecule has 1 N–H and O–H groups in total. The van der Waals surface area contributed by atoms with Gasteiger partial charge in [-0.15, -0.1) is 0 Å². The van der Waals surface area contributed by atoms with Crippen molar-refractivity contribution in [2.45, 2.75) is 13.3 Å². The van der Waals surface area contributed by atoms with Gasteiger partial charge in [0.15, 0.2) is 0 Å². The molecule has 2 heteroatoms. The van der Waals surface area contributed by atoms with Crippen LogP contribution in [0.25, 0.3) is 0 Å². The summed E-state index contributed by atoms with van der Waals surface area (Å²) in [5.74, 6) is 0.220. The Hall–Kier alpha value is -0.400. The minimum absolute atomic E-state index is 0.220. The maximum Gasteiger partial charge on any atom is 0.0928 e. The van der Waals surface area contributed by atoms with Crippen LogP contribution in [0.1, 0.15) is 13.3 Å². The molecule has 0 aliphatic rings. The minimum atomic E-state index is -0.380. The maximum atomic E-state index is 11.4. The summed E-state index contributed by atoms with van der Waals surface area (Å²) in [7, 11) is 0. The normalized spacial score (nSPS) is 13.2. The van der Waals surface area contributed by atoms with E-state index >= 15 is 0 Å². The van der Waals surface area contributed by atoms with Gasteiger partial charge in [-0.2, -0.15) is 0 Å². The van der Waals surface area contributed by atoms with Gasteiger partial charge < -0.3 is 5.41 Å². The molecule has 0 saturated heterocycles. The zero-order valence-corrected chi connectivity index (χ0v) is 5.02. The fourth-order valence-electron chi connectivity index (χ4n) is 0.434. The molecular formula is C6H11FN. The van der Waals surface area contributed by atoms with E-state index in [0.717, 1.165) is 0 Å². The van der Waals surface area contributed by atoms with Crippen molar-refractivity contribution in [3.8, 4) is 0 Å². The smallest absolute Gasteiger partial charge is 0.0928 e. The summed E-state index contributed by atoms with van der Waals surface area (Å²) in [6.45, 7) is 1.51. The number of alkyl halides is 1. The van der Waals surface area contributed by atoms with Crippen LogP contribution in [0.4, 0.5) is 4.39 Å². The molecule has 8 heavy (non-hydrogen) atoms. The molecule has 0 aliphatic carbocycles. The fourth-order valence-corrected chi connectivity index (χ4v) is 0.434. The highest BCUT2D eigenvalue weighted by Crippen LogP contribution is 2.02. The summed E-state index contributed by atoms with van der Waals surface area (Å²) in [5, 5.41) is 6.64. The first-order valence-corrected chi connectivity index (χ1v) is 2.69. The first-order chi connectivity index (χ1) is 3.81. The van der Waals surface area contributed by atoms with Crippen molar-refractivity contribution < 1.29 is 4.39 Å². The van der Waals surface area contributed by atoms with E-state index in [1.807, 2.05) is 6.92 Å². The van der Waals surface area contributed by atoms with Crippen LogP contribution >= 0.6 is 0 Å². The van der Waals surface area contributed by atoms with Gasteiger partial charge in [-0.05, 0) is 25.0 Å². The molecule has 0 rings (SSSR count). The molecule has 1 nitrogen and oxygen atoms in total. The third-order valence-corrected chi connectivity index (χ3v) is 0.981. The average Bonchev–Trinajstić information content (AvgIpc) is 1.68. The van der Waals surface area contributed by atoms with Crippen LogP contribution in [0.15, 0.2) is 0 Å². The SMILES string of the molecule is C[C@H]([CH]CF)CC=N. The Morgan fingerprint density at radius 3 is 2.75 bits per heavy atom. The molecule has 0 fully saturated rings. The van der Waals surface area contributed by atoms with Gasteiger partial charge in [0.25, 0.3) is 0 Å². The van der Waals surface area contributed by atoms with Gasteiger partial charge in [-0.1, -0.05) is 6.92 Å². The van der Waals surface area contributed by atoms with Crippen LogP contribution in [0.5, 0.6) is 0 Å². The number of nitrogens with one attached hydrogen (secondary N) is 1. The Morgan fingerprint density at radius 2 is 2.38 bits per heavy atom. The van der Waals surface area contributed by atoms with Crippen LogP contribution in [0, 0.1) is 17.7 Å². The summed E-state index contributed by atoms with van der Waals surface area (Å²) in [6, 6.07) is 0. The molecular weight excluding hydrogens is 105 g/mol. The molecule has 0 amide bonds. The minimum Gasteiger partial charge on any atom is -0.313 e. The third-order valence-electron chi connectivity index (χ3n) is 0.981. The lowest BCUT2D eigenvalue weighted by Gasteiger charge is -2.00. The van der Waals surface area contributed by atoms with E-state index in [0.29, 0.717) is 6.42 Å². The lowest BCUT2D eigenvalue weighted by Crippen LogP contribution is -1.96. The van der Waals surface area contributed by atoms with Gasteiger partial charge >= 0.3 is 0 Å². The Morgan fingerprint density at radius 1 is 1.75 bits per heavy atom. The number of hydrogen-bond donors (Lipinski definition) is 1. The van der Waals surface area contributed by atoms with Crippen molar-refractivity contribution >= 4 is 6.21 Å². The molecule has 1 atom stereocenters. The lowest BCUT2D eigenvalue weighted by atomic mass is 10.1. The van der Waals surface area contributed by atoms with Crippen LogP contribution in [0.2, 0.25) is 0 Å². The molecule has 0 heterocycles. The maximum absolute atomic E-state index is 11.4. The standard InChI is InChI=1S/C6H11FN/c1-6(2-4-7)3-5-8/h2,5-6,8H,3-4H2,1H3/t6-/m1/s1. The average molecular weight is 116 g/mol. The molecule has 0 aromatic heterocycles. The van der Waals surface area contributed by atoms with Gasteiger partial charge in [0, 0.05) is 0 Å². The Labute approximate surface area is 49.4 Å². The van der Waals surface area contributed by atoms with E-state index in [2.05, 4.69) is 0 Å². The molecule has 47 valence electrons. The predicted molar refractivity (Wildman–Crippen MR) is 32.8 cm³/mol. The molecule has 1 radical (unpaired) electrons. The number of rotatable bonds is 4. The van der Waals surface area contributed by atoms with Crippen molar-refractivity contribution in [1.29, 1.82) is 5.41 Å². The van der Waals surface area contributed by atoms with Gasteiger partial charge in [-0.3, -0.25) is 4.39 Å². The van der Waals surface area contributed by atoms with Crippen molar-refractivity contribution in [2.24, 2.45) is 5.92 Å². The van der Waals surface area contributed by atoms with E-state index in [1.165, 1.54) is 6.21 Å². The molecule has 0 saturated carbocycles. The second-order valence-corrected chi connectivity index (χ2v) is 1.81. The third kappa shape index (κ3) is 3.78. The van der Waals surface area contributed by atoms with Gasteiger partial charge in [0.2, 0.25) is 0 Å². The van der Waals surface area contributed by atoms with Crippen molar-refractivity contribution in [1.82, 2.24) is 0 Å². The summed E-state index contributed by atoms with van der Waals surface area (Å²) in [6.07, 6.45) is 3.52. The monoisotopic (exact) mass is 116 g/mol. The van der Waals surface area contributed by atoms with E-state index in [1.54, 1.807) is 6.42 Å².